The van der Waals surface area contributed by atoms with Crippen LogP contribution in [0.5, 0.6) is 0 Å². The van der Waals surface area contributed by atoms with Crippen molar-refractivity contribution in [1.82, 2.24) is 9.55 Å². The van der Waals surface area contributed by atoms with Crippen LogP contribution in [0.25, 0.3) is 0 Å². The zero-order valence-electron chi connectivity index (χ0n) is 9.43. The van der Waals surface area contributed by atoms with E-state index in [1.807, 2.05) is 6.20 Å². The minimum Gasteiger partial charge on any atom is -0.391 e. The van der Waals surface area contributed by atoms with E-state index in [0.717, 1.165) is 51.3 Å². The quantitative estimate of drug-likeness (QED) is 0.773. The standard InChI is InChI=1S/C12H18N2O2/c15-11-2-1-10-7-13-12(14(10)8-11)9-3-5-16-6-4-9/h7,9,11,15H,1-6,8H2. The van der Waals surface area contributed by atoms with E-state index in [9.17, 15) is 5.11 Å². The molecular formula is C12H18N2O2. The minimum atomic E-state index is -0.194. The summed E-state index contributed by atoms with van der Waals surface area (Å²) in [6, 6.07) is 0. The van der Waals surface area contributed by atoms with E-state index in [1.165, 1.54) is 5.69 Å². The van der Waals surface area contributed by atoms with E-state index >= 15 is 0 Å². The van der Waals surface area contributed by atoms with Gasteiger partial charge in [-0.15, -0.1) is 0 Å². The summed E-state index contributed by atoms with van der Waals surface area (Å²) in [5, 5.41) is 9.72. The average molecular weight is 222 g/mol. The summed E-state index contributed by atoms with van der Waals surface area (Å²) in [7, 11) is 0. The van der Waals surface area contributed by atoms with Crippen molar-refractivity contribution in [2.45, 2.75) is 44.2 Å². The smallest absolute Gasteiger partial charge is 0.112 e. The summed E-state index contributed by atoms with van der Waals surface area (Å²) in [5.41, 5.74) is 1.28. The molecule has 2 aliphatic heterocycles. The lowest BCUT2D eigenvalue weighted by Gasteiger charge is -2.26. The maximum absolute atomic E-state index is 9.72. The van der Waals surface area contributed by atoms with Crippen LogP contribution in [-0.2, 0) is 17.7 Å². The summed E-state index contributed by atoms with van der Waals surface area (Å²) in [4.78, 5) is 4.55. The van der Waals surface area contributed by atoms with Gasteiger partial charge in [0.25, 0.3) is 0 Å². The van der Waals surface area contributed by atoms with Crippen LogP contribution in [0.4, 0.5) is 0 Å². The molecule has 0 bridgehead atoms. The molecule has 4 heteroatoms. The van der Waals surface area contributed by atoms with Gasteiger partial charge < -0.3 is 14.4 Å². The average Bonchev–Trinajstić information content (AvgIpc) is 2.73. The van der Waals surface area contributed by atoms with E-state index < -0.39 is 0 Å². The molecule has 3 rings (SSSR count). The highest BCUT2D eigenvalue weighted by atomic mass is 16.5. The summed E-state index contributed by atoms with van der Waals surface area (Å²) < 4.78 is 7.60. The Morgan fingerprint density at radius 3 is 2.94 bits per heavy atom. The third-order valence-corrected chi connectivity index (χ3v) is 3.68. The number of imidazole rings is 1. The largest absolute Gasteiger partial charge is 0.391 e. The Bertz CT molecular complexity index is 369. The molecule has 1 N–H and O–H groups in total. The number of aryl methyl sites for hydroxylation is 1. The van der Waals surface area contributed by atoms with Crippen molar-refractivity contribution >= 4 is 0 Å². The van der Waals surface area contributed by atoms with Gasteiger partial charge in [-0.3, -0.25) is 0 Å². The van der Waals surface area contributed by atoms with Gasteiger partial charge in [-0.25, -0.2) is 4.98 Å². The molecule has 2 aliphatic rings. The molecule has 1 unspecified atom stereocenters. The number of aliphatic hydroxyl groups excluding tert-OH is 1. The molecule has 0 spiro atoms. The van der Waals surface area contributed by atoms with Crippen molar-refractivity contribution in [3.63, 3.8) is 0 Å². The van der Waals surface area contributed by atoms with Crippen LogP contribution in [0.3, 0.4) is 0 Å². The third-order valence-electron chi connectivity index (χ3n) is 3.68. The number of fused-ring (bicyclic) bond motifs is 1. The number of aromatic nitrogens is 2. The summed E-state index contributed by atoms with van der Waals surface area (Å²) in [6.07, 6.45) is 5.74. The van der Waals surface area contributed by atoms with E-state index in [4.69, 9.17) is 4.74 Å². The first-order chi connectivity index (χ1) is 7.84. The van der Waals surface area contributed by atoms with Gasteiger partial charge in [0.05, 0.1) is 12.6 Å². The number of hydrogen-bond donors (Lipinski definition) is 1. The Morgan fingerprint density at radius 2 is 2.12 bits per heavy atom. The molecular weight excluding hydrogens is 204 g/mol. The van der Waals surface area contributed by atoms with Gasteiger partial charge in [0.2, 0.25) is 0 Å². The van der Waals surface area contributed by atoms with Gasteiger partial charge in [0, 0.05) is 31.0 Å². The Hall–Kier alpha value is -0.870. The molecule has 3 heterocycles. The molecule has 1 fully saturated rings. The van der Waals surface area contributed by atoms with Crippen molar-refractivity contribution in [1.29, 1.82) is 0 Å². The highest BCUT2D eigenvalue weighted by Gasteiger charge is 2.25. The fourth-order valence-electron chi connectivity index (χ4n) is 2.74. The molecule has 16 heavy (non-hydrogen) atoms. The molecule has 0 aliphatic carbocycles. The Morgan fingerprint density at radius 1 is 1.31 bits per heavy atom. The number of hydrogen-bond acceptors (Lipinski definition) is 3. The Balaban J connectivity index is 1.86. The number of rotatable bonds is 1. The van der Waals surface area contributed by atoms with Gasteiger partial charge in [-0.2, -0.15) is 0 Å². The van der Waals surface area contributed by atoms with E-state index in [-0.39, 0.29) is 6.10 Å². The molecule has 1 atom stereocenters. The second-order valence-electron chi connectivity index (χ2n) is 4.80. The maximum atomic E-state index is 9.72. The summed E-state index contributed by atoms with van der Waals surface area (Å²) in [5.74, 6) is 1.69. The van der Waals surface area contributed by atoms with Crippen molar-refractivity contribution in [2.75, 3.05) is 13.2 Å². The zero-order chi connectivity index (χ0) is 11.0. The number of nitrogens with zero attached hydrogens (tertiary/aromatic N) is 2. The Kier molecular flexibility index (Phi) is 2.69. The van der Waals surface area contributed by atoms with Crippen LogP contribution in [0.1, 0.15) is 36.7 Å². The lowest BCUT2D eigenvalue weighted by Crippen LogP contribution is -2.27. The SMILES string of the molecule is OC1CCc2cnc(C3CCOCC3)n2C1. The molecule has 0 amide bonds. The molecule has 88 valence electrons. The first-order valence-electron chi connectivity index (χ1n) is 6.14. The van der Waals surface area contributed by atoms with Gasteiger partial charge in [0.15, 0.2) is 0 Å². The van der Waals surface area contributed by atoms with Crippen LogP contribution in [-0.4, -0.2) is 34.0 Å². The van der Waals surface area contributed by atoms with Gasteiger partial charge >= 0.3 is 0 Å². The van der Waals surface area contributed by atoms with Crippen LogP contribution in [0.15, 0.2) is 6.20 Å². The molecule has 1 saturated heterocycles. The molecule has 0 aromatic carbocycles. The predicted molar refractivity (Wildman–Crippen MR) is 59.3 cm³/mol. The third kappa shape index (κ3) is 1.76. The normalized spacial score (nSPS) is 26.7. The fourth-order valence-corrected chi connectivity index (χ4v) is 2.74. The molecule has 1 aromatic rings. The van der Waals surface area contributed by atoms with E-state index in [1.54, 1.807) is 0 Å². The van der Waals surface area contributed by atoms with E-state index in [2.05, 4.69) is 9.55 Å². The Labute approximate surface area is 95.3 Å². The predicted octanol–water partition coefficient (Wildman–Crippen LogP) is 1.08. The van der Waals surface area contributed by atoms with Crippen molar-refractivity contribution in [2.24, 2.45) is 0 Å². The highest BCUT2D eigenvalue weighted by molar-refractivity contribution is 5.12. The van der Waals surface area contributed by atoms with Crippen LogP contribution < -0.4 is 0 Å². The first kappa shape index (κ1) is 10.3. The van der Waals surface area contributed by atoms with Gasteiger partial charge in [-0.05, 0) is 25.7 Å². The van der Waals surface area contributed by atoms with Crippen molar-refractivity contribution in [3.05, 3.63) is 17.7 Å². The highest BCUT2D eigenvalue weighted by Crippen LogP contribution is 2.28. The molecule has 0 saturated carbocycles. The number of aliphatic hydroxyl groups is 1. The van der Waals surface area contributed by atoms with Crippen molar-refractivity contribution in [3.8, 4) is 0 Å². The summed E-state index contributed by atoms with van der Waals surface area (Å²) >= 11 is 0. The maximum Gasteiger partial charge on any atom is 0.112 e. The zero-order valence-corrected chi connectivity index (χ0v) is 9.43. The topological polar surface area (TPSA) is 47.3 Å². The second-order valence-corrected chi connectivity index (χ2v) is 4.80. The lowest BCUT2D eigenvalue weighted by atomic mass is 9.98. The number of ether oxygens (including phenoxy) is 1. The van der Waals surface area contributed by atoms with Crippen LogP contribution in [0.2, 0.25) is 0 Å². The molecule has 4 nitrogen and oxygen atoms in total. The second kappa shape index (κ2) is 4.18. The monoisotopic (exact) mass is 222 g/mol. The lowest BCUT2D eigenvalue weighted by molar-refractivity contribution is 0.0805. The van der Waals surface area contributed by atoms with Gasteiger partial charge in [-0.1, -0.05) is 0 Å². The van der Waals surface area contributed by atoms with Crippen molar-refractivity contribution < 1.29 is 9.84 Å². The van der Waals surface area contributed by atoms with Gasteiger partial charge in [0.1, 0.15) is 5.82 Å². The van der Waals surface area contributed by atoms with Crippen LogP contribution in [0, 0.1) is 0 Å². The van der Waals surface area contributed by atoms with E-state index in [0.29, 0.717) is 5.92 Å². The van der Waals surface area contributed by atoms with Crippen LogP contribution >= 0.6 is 0 Å². The minimum absolute atomic E-state index is 0.194. The molecule has 0 radical (unpaired) electrons. The molecule has 1 aromatic heterocycles. The first-order valence-corrected chi connectivity index (χ1v) is 6.14. The fraction of sp³-hybridized carbons (Fsp3) is 0.750. The summed E-state index contributed by atoms with van der Waals surface area (Å²) in [6.45, 7) is 2.41.